The molecule has 0 radical (unpaired) electrons. The molecule has 29 heavy (non-hydrogen) atoms. The molecular weight excluding hydrogens is 425 g/mol. The molecule has 2 nitrogen and oxygen atoms in total. The van der Waals surface area contributed by atoms with Crippen LogP contribution in [0.2, 0.25) is 15.1 Å². The van der Waals surface area contributed by atoms with Crippen LogP contribution < -0.4 is 10.1 Å². The quantitative estimate of drug-likeness (QED) is 0.370. The molecule has 0 bridgehead atoms. The van der Waals surface area contributed by atoms with Gasteiger partial charge in [-0.15, -0.1) is 0 Å². The summed E-state index contributed by atoms with van der Waals surface area (Å²) in [4.78, 5) is 0. The van der Waals surface area contributed by atoms with Gasteiger partial charge in [0, 0.05) is 38.8 Å². The van der Waals surface area contributed by atoms with E-state index < -0.39 is 0 Å². The Bertz CT molecular complexity index is 931. The van der Waals surface area contributed by atoms with Crippen LogP contribution >= 0.6 is 34.8 Å². The van der Waals surface area contributed by atoms with Crippen LogP contribution in [0.25, 0.3) is 0 Å². The summed E-state index contributed by atoms with van der Waals surface area (Å²) >= 11 is 18.4. The summed E-state index contributed by atoms with van der Waals surface area (Å²) < 4.78 is 6.03. The van der Waals surface area contributed by atoms with Crippen LogP contribution in [0.15, 0.2) is 66.7 Å². The van der Waals surface area contributed by atoms with Crippen LogP contribution in [0, 0.1) is 0 Å². The normalized spacial score (nSPS) is 12.0. The first kappa shape index (κ1) is 22.0. The number of halogens is 3. The maximum Gasteiger partial charge on any atom is 0.124 e. The minimum Gasteiger partial charge on any atom is -0.489 e. The molecule has 0 saturated carbocycles. The largest absolute Gasteiger partial charge is 0.489 e. The second kappa shape index (κ2) is 10.9. The molecule has 3 aromatic carbocycles. The first-order valence-corrected chi connectivity index (χ1v) is 10.8. The van der Waals surface area contributed by atoms with E-state index in [2.05, 4.69) is 36.5 Å². The number of benzene rings is 3. The third-order valence-corrected chi connectivity index (χ3v) is 5.59. The van der Waals surface area contributed by atoms with Crippen molar-refractivity contribution in [1.29, 1.82) is 0 Å². The first-order valence-electron chi connectivity index (χ1n) is 9.63. The van der Waals surface area contributed by atoms with Crippen LogP contribution in [0.5, 0.6) is 5.75 Å². The summed E-state index contributed by atoms with van der Waals surface area (Å²) in [5.74, 6) is 0.795. The van der Waals surface area contributed by atoms with Crippen molar-refractivity contribution in [3.8, 4) is 5.75 Å². The lowest BCUT2D eigenvalue weighted by molar-refractivity contribution is 0.301. The molecule has 0 aliphatic carbocycles. The van der Waals surface area contributed by atoms with Gasteiger partial charge in [-0.2, -0.15) is 0 Å². The molecule has 1 atom stereocenters. The van der Waals surface area contributed by atoms with Gasteiger partial charge in [-0.1, -0.05) is 71.2 Å². The first-order chi connectivity index (χ1) is 14.0. The summed E-state index contributed by atoms with van der Waals surface area (Å²) in [5, 5.41) is 5.47. The molecule has 0 unspecified atom stereocenters. The molecule has 3 aromatic rings. The van der Waals surface area contributed by atoms with Crippen molar-refractivity contribution in [2.45, 2.75) is 39.0 Å². The average Bonchev–Trinajstić information content (AvgIpc) is 2.72. The predicted octanol–water partition coefficient (Wildman–Crippen LogP) is 7.34. The highest BCUT2D eigenvalue weighted by Crippen LogP contribution is 2.26. The lowest BCUT2D eigenvalue weighted by atomic mass is 10.1. The number of ether oxygens (including phenoxy) is 1. The highest BCUT2D eigenvalue weighted by atomic mass is 35.5. The van der Waals surface area contributed by atoms with Gasteiger partial charge in [0.15, 0.2) is 0 Å². The third-order valence-electron chi connectivity index (χ3n) is 4.77. The zero-order valence-electron chi connectivity index (χ0n) is 16.3. The van der Waals surface area contributed by atoms with E-state index in [4.69, 9.17) is 39.5 Å². The fraction of sp³-hybridized carbons (Fsp3) is 0.250. The Morgan fingerprint density at radius 1 is 0.862 bits per heavy atom. The van der Waals surface area contributed by atoms with Crippen molar-refractivity contribution >= 4 is 34.8 Å². The second-order valence-corrected chi connectivity index (χ2v) is 8.36. The number of nitrogens with one attached hydrogen (secondary N) is 1. The number of aryl methyl sites for hydroxylation is 1. The highest BCUT2D eigenvalue weighted by Gasteiger charge is 2.09. The summed E-state index contributed by atoms with van der Waals surface area (Å²) in [5.41, 5.74) is 3.27. The molecule has 0 fully saturated rings. The standard InChI is InChI=1S/C24H24Cl3NO/c1-17(7-8-18-5-3-2-4-6-18)28-15-20-13-21(25)11-12-24(20)29-16-19-9-10-22(26)14-23(19)27/h2-6,9-14,17,28H,7-8,15-16H2,1H3/t17-/m0/s1. The van der Waals surface area contributed by atoms with Crippen molar-refractivity contribution in [3.63, 3.8) is 0 Å². The van der Waals surface area contributed by atoms with E-state index >= 15 is 0 Å². The van der Waals surface area contributed by atoms with E-state index in [0.29, 0.717) is 34.3 Å². The third kappa shape index (κ3) is 6.94. The van der Waals surface area contributed by atoms with Crippen molar-refractivity contribution in [1.82, 2.24) is 5.32 Å². The summed E-state index contributed by atoms with van der Waals surface area (Å²) in [7, 11) is 0. The average molecular weight is 449 g/mol. The molecule has 0 saturated heterocycles. The Balaban J connectivity index is 1.58. The Hall–Kier alpha value is -1.71. The van der Waals surface area contributed by atoms with Crippen molar-refractivity contribution in [2.24, 2.45) is 0 Å². The van der Waals surface area contributed by atoms with Gasteiger partial charge in [-0.3, -0.25) is 0 Å². The van der Waals surface area contributed by atoms with Crippen molar-refractivity contribution in [3.05, 3.63) is 98.5 Å². The van der Waals surface area contributed by atoms with Crippen LogP contribution in [-0.4, -0.2) is 6.04 Å². The molecule has 1 N–H and O–H groups in total. The summed E-state index contributed by atoms with van der Waals surface area (Å²) in [6, 6.07) is 22.0. The minimum atomic E-state index is 0.368. The molecule has 0 heterocycles. The van der Waals surface area contributed by atoms with Crippen LogP contribution in [0.4, 0.5) is 0 Å². The topological polar surface area (TPSA) is 21.3 Å². The van der Waals surface area contributed by atoms with E-state index in [9.17, 15) is 0 Å². The Morgan fingerprint density at radius 3 is 2.34 bits per heavy atom. The maximum atomic E-state index is 6.25. The number of hydrogen-bond acceptors (Lipinski definition) is 2. The Morgan fingerprint density at radius 2 is 1.59 bits per heavy atom. The fourth-order valence-corrected chi connectivity index (χ4v) is 3.69. The van der Waals surface area contributed by atoms with Gasteiger partial charge >= 0.3 is 0 Å². The molecule has 0 aliphatic heterocycles. The Labute approximate surface area is 187 Å². The lowest BCUT2D eigenvalue weighted by Crippen LogP contribution is -2.26. The maximum absolute atomic E-state index is 6.25. The van der Waals surface area contributed by atoms with E-state index in [1.54, 1.807) is 6.07 Å². The molecule has 0 spiro atoms. The molecule has 0 aromatic heterocycles. The van der Waals surface area contributed by atoms with E-state index in [1.807, 2.05) is 36.4 Å². The van der Waals surface area contributed by atoms with E-state index in [1.165, 1.54) is 5.56 Å². The second-order valence-electron chi connectivity index (χ2n) is 7.08. The smallest absolute Gasteiger partial charge is 0.124 e. The van der Waals surface area contributed by atoms with Gasteiger partial charge in [-0.25, -0.2) is 0 Å². The monoisotopic (exact) mass is 447 g/mol. The van der Waals surface area contributed by atoms with Gasteiger partial charge < -0.3 is 10.1 Å². The molecule has 3 rings (SSSR count). The number of hydrogen-bond donors (Lipinski definition) is 1. The highest BCUT2D eigenvalue weighted by molar-refractivity contribution is 6.35. The summed E-state index contributed by atoms with van der Waals surface area (Å²) in [6.45, 7) is 3.25. The van der Waals surface area contributed by atoms with Gasteiger partial charge in [0.2, 0.25) is 0 Å². The van der Waals surface area contributed by atoms with Crippen LogP contribution in [0.1, 0.15) is 30.0 Å². The Kier molecular flexibility index (Phi) is 8.26. The van der Waals surface area contributed by atoms with Gasteiger partial charge in [-0.05, 0) is 55.7 Å². The molecular formula is C24H24Cl3NO. The van der Waals surface area contributed by atoms with Gasteiger partial charge in [0.1, 0.15) is 12.4 Å². The molecule has 5 heteroatoms. The van der Waals surface area contributed by atoms with Crippen LogP contribution in [0.3, 0.4) is 0 Å². The molecule has 0 amide bonds. The van der Waals surface area contributed by atoms with E-state index in [-0.39, 0.29) is 0 Å². The van der Waals surface area contributed by atoms with Crippen molar-refractivity contribution < 1.29 is 4.74 Å². The van der Waals surface area contributed by atoms with Crippen LogP contribution in [-0.2, 0) is 19.6 Å². The lowest BCUT2D eigenvalue weighted by Gasteiger charge is -2.17. The SMILES string of the molecule is C[C@@H](CCc1ccccc1)NCc1cc(Cl)ccc1OCc1ccc(Cl)cc1Cl. The number of rotatable bonds is 9. The zero-order valence-corrected chi connectivity index (χ0v) is 18.6. The minimum absolute atomic E-state index is 0.368. The van der Waals surface area contributed by atoms with E-state index in [0.717, 1.165) is 29.7 Å². The molecule has 0 aliphatic rings. The summed E-state index contributed by atoms with van der Waals surface area (Å²) in [6.07, 6.45) is 2.10. The fourth-order valence-electron chi connectivity index (χ4n) is 3.04. The zero-order chi connectivity index (χ0) is 20.6. The van der Waals surface area contributed by atoms with Gasteiger partial charge in [0.05, 0.1) is 0 Å². The predicted molar refractivity (Wildman–Crippen MR) is 123 cm³/mol. The van der Waals surface area contributed by atoms with Gasteiger partial charge in [0.25, 0.3) is 0 Å². The van der Waals surface area contributed by atoms with Crippen molar-refractivity contribution in [2.75, 3.05) is 0 Å². The molecule has 152 valence electrons.